The van der Waals surface area contributed by atoms with Crippen LogP contribution in [-0.2, 0) is 16.0 Å². The number of nitrogens with one attached hydrogen (secondary N) is 2. The number of benzene rings is 1. The lowest BCUT2D eigenvalue weighted by molar-refractivity contribution is -0.141. The molecule has 11 nitrogen and oxygen atoms in total. The zero-order chi connectivity index (χ0) is 23.1. The van der Waals surface area contributed by atoms with Gasteiger partial charge in [-0.1, -0.05) is 0 Å². The van der Waals surface area contributed by atoms with Gasteiger partial charge in [0.05, 0.1) is 31.6 Å². The number of carboxylic acid groups (broad SMARTS) is 1. The van der Waals surface area contributed by atoms with E-state index in [1.807, 2.05) is 0 Å². The van der Waals surface area contributed by atoms with Crippen molar-refractivity contribution in [2.24, 2.45) is 5.73 Å². The molecule has 0 spiro atoms. The minimum absolute atomic E-state index is 0.0697. The molecule has 2 rings (SSSR count). The molecule has 1 aromatic carbocycles. The predicted octanol–water partition coefficient (Wildman–Crippen LogP) is 0.679. The minimum Gasteiger partial charge on any atom is -0.496 e. The van der Waals surface area contributed by atoms with Gasteiger partial charge < -0.3 is 35.4 Å². The van der Waals surface area contributed by atoms with E-state index in [9.17, 15) is 24.3 Å². The van der Waals surface area contributed by atoms with Gasteiger partial charge in [0.2, 0.25) is 5.91 Å². The number of nitrogens with two attached hydrogens (primary N) is 1. The number of amides is 3. The number of urea groups is 1. The summed E-state index contributed by atoms with van der Waals surface area (Å²) < 4.78 is 15.9. The predicted molar refractivity (Wildman–Crippen MR) is 110 cm³/mol. The lowest BCUT2D eigenvalue weighted by atomic mass is 10.0. The van der Waals surface area contributed by atoms with E-state index in [4.69, 9.17) is 19.6 Å². The number of carbonyl (C=O) groups excluding carboxylic acids is 2. The third-order valence-electron chi connectivity index (χ3n) is 4.71. The first-order valence-corrected chi connectivity index (χ1v) is 9.41. The van der Waals surface area contributed by atoms with Crippen molar-refractivity contribution in [3.8, 4) is 11.5 Å². The van der Waals surface area contributed by atoms with Crippen LogP contribution < -0.4 is 31.5 Å². The van der Waals surface area contributed by atoms with Crippen molar-refractivity contribution >= 4 is 28.9 Å². The second-order valence-electron chi connectivity index (χ2n) is 6.76. The molecular formula is C20H25N3O8. The molecular weight excluding hydrogens is 410 g/mol. The molecule has 0 bridgehead atoms. The Morgan fingerprint density at radius 3 is 2.52 bits per heavy atom. The molecule has 11 heteroatoms. The number of methoxy groups -OCH3 is 2. The first-order valence-electron chi connectivity index (χ1n) is 9.41. The van der Waals surface area contributed by atoms with Gasteiger partial charge in [-0.15, -0.1) is 0 Å². The van der Waals surface area contributed by atoms with Gasteiger partial charge in [-0.05, 0) is 25.3 Å². The Hall–Kier alpha value is -3.76. The summed E-state index contributed by atoms with van der Waals surface area (Å²) in [6.45, 7) is 1.83. The normalized spacial score (nSPS) is 11.6. The maximum Gasteiger partial charge on any atom is 0.340 e. The standard InChI is InChI=1S/C20H25N3O8/c1-10-12(9-16(24)23-13(18(25)26)5-4-6-22-20(21)28)19(27)31-15-8-11(29-2)7-14(30-3)17(10)15/h7-8,13H,4-6,9H2,1-3H3,(H,23,24)(H,25,26)(H3,21,22,28)/t13-/m0/s1. The van der Waals surface area contributed by atoms with Crippen LogP contribution in [0.3, 0.4) is 0 Å². The highest BCUT2D eigenvalue weighted by Crippen LogP contribution is 2.33. The number of ether oxygens (including phenoxy) is 2. The van der Waals surface area contributed by atoms with E-state index in [2.05, 4.69) is 10.6 Å². The lowest BCUT2D eigenvalue weighted by Gasteiger charge is -2.16. The van der Waals surface area contributed by atoms with Crippen molar-refractivity contribution in [3.63, 3.8) is 0 Å². The summed E-state index contributed by atoms with van der Waals surface area (Å²) in [7, 11) is 2.92. The van der Waals surface area contributed by atoms with Crippen LogP contribution >= 0.6 is 0 Å². The first-order chi connectivity index (χ1) is 14.7. The number of aliphatic carboxylic acids is 1. The first kappa shape index (κ1) is 23.5. The van der Waals surface area contributed by atoms with Gasteiger partial charge in [0.1, 0.15) is 23.1 Å². The molecule has 0 aliphatic heterocycles. The Bertz CT molecular complexity index is 1050. The van der Waals surface area contributed by atoms with E-state index in [0.29, 0.717) is 22.4 Å². The summed E-state index contributed by atoms with van der Waals surface area (Å²) >= 11 is 0. The second kappa shape index (κ2) is 10.3. The average molecular weight is 435 g/mol. The molecule has 0 saturated carbocycles. The van der Waals surface area contributed by atoms with Crippen LogP contribution in [0.4, 0.5) is 4.79 Å². The fourth-order valence-electron chi connectivity index (χ4n) is 3.15. The van der Waals surface area contributed by atoms with E-state index < -0.39 is 29.6 Å². The zero-order valence-electron chi connectivity index (χ0n) is 17.4. The highest BCUT2D eigenvalue weighted by atomic mass is 16.5. The van der Waals surface area contributed by atoms with Crippen LogP contribution in [0.25, 0.3) is 11.0 Å². The van der Waals surface area contributed by atoms with Crippen molar-refractivity contribution in [2.75, 3.05) is 20.8 Å². The van der Waals surface area contributed by atoms with E-state index >= 15 is 0 Å². The largest absolute Gasteiger partial charge is 0.496 e. The van der Waals surface area contributed by atoms with Crippen LogP contribution in [0.1, 0.15) is 24.0 Å². The monoisotopic (exact) mass is 435 g/mol. The number of primary amides is 1. The molecule has 3 amide bonds. The summed E-state index contributed by atoms with van der Waals surface area (Å²) in [6.07, 6.45) is -0.0146. The number of aryl methyl sites for hydroxylation is 1. The van der Waals surface area contributed by atoms with Crippen LogP contribution in [-0.4, -0.2) is 49.8 Å². The van der Waals surface area contributed by atoms with Gasteiger partial charge in [0.15, 0.2) is 0 Å². The maximum absolute atomic E-state index is 12.5. The number of carbonyl (C=O) groups is 3. The quantitative estimate of drug-likeness (QED) is 0.312. The minimum atomic E-state index is -1.23. The molecule has 0 unspecified atom stereocenters. The molecule has 0 radical (unpaired) electrons. The second-order valence-corrected chi connectivity index (χ2v) is 6.76. The summed E-state index contributed by atoms with van der Waals surface area (Å²) in [4.78, 5) is 47.1. The number of rotatable bonds is 10. The fourth-order valence-corrected chi connectivity index (χ4v) is 3.15. The summed E-state index contributed by atoms with van der Waals surface area (Å²) in [5, 5.41) is 14.6. The van der Waals surface area contributed by atoms with E-state index in [1.165, 1.54) is 20.3 Å². The Morgan fingerprint density at radius 1 is 1.23 bits per heavy atom. The van der Waals surface area contributed by atoms with Crippen LogP contribution in [0.5, 0.6) is 11.5 Å². The van der Waals surface area contributed by atoms with Gasteiger partial charge in [0, 0.05) is 18.7 Å². The molecule has 1 aromatic heterocycles. The molecule has 0 saturated heterocycles. The number of hydrogen-bond donors (Lipinski definition) is 4. The third-order valence-corrected chi connectivity index (χ3v) is 4.71. The molecule has 0 aliphatic rings. The summed E-state index contributed by atoms with van der Waals surface area (Å²) in [6, 6.07) is 1.26. The van der Waals surface area contributed by atoms with Gasteiger partial charge in [-0.3, -0.25) is 4.79 Å². The van der Waals surface area contributed by atoms with Crippen LogP contribution in [0.15, 0.2) is 21.3 Å². The van der Waals surface area contributed by atoms with Crippen molar-refractivity contribution in [2.45, 2.75) is 32.2 Å². The fraction of sp³-hybridized carbons (Fsp3) is 0.400. The number of hydrogen-bond acceptors (Lipinski definition) is 7. The Morgan fingerprint density at radius 2 is 1.94 bits per heavy atom. The lowest BCUT2D eigenvalue weighted by Crippen LogP contribution is -2.42. The van der Waals surface area contributed by atoms with Gasteiger partial charge >= 0.3 is 17.6 Å². The molecule has 2 aromatic rings. The van der Waals surface area contributed by atoms with E-state index in [-0.39, 0.29) is 37.0 Å². The maximum atomic E-state index is 12.5. The zero-order valence-corrected chi connectivity index (χ0v) is 17.4. The Kier molecular flexibility index (Phi) is 7.83. The summed E-state index contributed by atoms with van der Waals surface area (Å²) in [5.74, 6) is -1.05. The average Bonchev–Trinajstić information content (AvgIpc) is 2.71. The molecule has 0 aliphatic carbocycles. The highest BCUT2D eigenvalue weighted by Gasteiger charge is 2.23. The van der Waals surface area contributed by atoms with Gasteiger partial charge in [0.25, 0.3) is 0 Å². The van der Waals surface area contributed by atoms with Crippen molar-refractivity contribution in [1.29, 1.82) is 0 Å². The SMILES string of the molecule is COc1cc(OC)c2c(C)c(CC(=O)N[C@@H](CCCNC(N)=O)C(=O)O)c(=O)oc2c1. The molecule has 31 heavy (non-hydrogen) atoms. The molecule has 168 valence electrons. The molecule has 1 heterocycles. The highest BCUT2D eigenvalue weighted by molar-refractivity contribution is 5.91. The van der Waals surface area contributed by atoms with E-state index in [0.717, 1.165) is 0 Å². The molecule has 5 N–H and O–H groups in total. The molecule has 0 fully saturated rings. The van der Waals surface area contributed by atoms with Gasteiger partial charge in [-0.2, -0.15) is 0 Å². The number of carboxylic acids is 1. The molecule has 1 atom stereocenters. The Balaban J connectivity index is 2.23. The van der Waals surface area contributed by atoms with Crippen LogP contribution in [0, 0.1) is 6.92 Å². The van der Waals surface area contributed by atoms with E-state index in [1.54, 1.807) is 13.0 Å². The van der Waals surface area contributed by atoms with Gasteiger partial charge in [-0.25, -0.2) is 14.4 Å². The Labute approximate surface area is 177 Å². The van der Waals surface area contributed by atoms with Crippen molar-refractivity contribution < 1.29 is 33.4 Å². The van der Waals surface area contributed by atoms with Crippen molar-refractivity contribution in [3.05, 3.63) is 33.7 Å². The number of fused-ring (bicyclic) bond motifs is 1. The third kappa shape index (κ3) is 5.87. The topological polar surface area (TPSA) is 170 Å². The van der Waals surface area contributed by atoms with Crippen LogP contribution in [0.2, 0.25) is 0 Å². The van der Waals surface area contributed by atoms with Crippen molar-refractivity contribution in [1.82, 2.24) is 10.6 Å². The summed E-state index contributed by atoms with van der Waals surface area (Å²) in [5.41, 5.74) is 5.05. The smallest absolute Gasteiger partial charge is 0.340 e.